The highest BCUT2D eigenvalue weighted by atomic mass is 16.6. The van der Waals surface area contributed by atoms with E-state index in [0.29, 0.717) is 96.7 Å². The summed E-state index contributed by atoms with van der Waals surface area (Å²) < 4.78 is 40.6. The summed E-state index contributed by atoms with van der Waals surface area (Å²) in [5.41, 5.74) is -0.291. The lowest BCUT2D eigenvalue weighted by molar-refractivity contribution is -0.150. The molecule has 0 radical (unpaired) electrons. The Balaban J connectivity index is 2.03. The van der Waals surface area contributed by atoms with Crippen molar-refractivity contribution in [2.75, 3.05) is 46.2 Å². The molecule has 5 heterocycles. The Bertz CT molecular complexity index is 2590. The summed E-state index contributed by atoms with van der Waals surface area (Å²) in [7, 11) is 0. The van der Waals surface area contributed by atoms with Crippen LogP contribution >= 0.6 is 0 Å². The van der Waals surface area contributed by atoms with Gasteiger partial charge in [-0.1, -0.05) is 83.1 Å². The summed E-state index contributed by atoms with van der Waals surface area (Å²) in [4.78, 5) is 116. The van der Waals surface area contributed by atoms with Gasteiger partial charge in [0, 0.05) is 105 Å². The Morgan fingerprint density at radius 1 is 0.512 bits per heavy atom. The standard InChI is InChI=1S/C66H102N4O14/c1-16-31-78-50(71)26-23-44-48-39-49-62(10,11)45(24-27-51(72)79-32-17-2)57(68-49)42(8)59-63(12,30-29-53(74)81-34-19-4)47(38-54(75)82-35-20-5)61(69-59)66(15)65(14,41-56(77)84-37-22-7)46(25-28-52(73)80-33-18-3)58(70-66)43(9)60(67-48)64(44,13)40-55(76)83-36-21-6/h39,44-47,61,67H,16-38,40-41H2,1-15H3/b48-39-,57-42?,60-43-/t44-,45-,46-,47+,61-,63-,64+,65+,66-/m1/s1. The summed E-state index contributed by atoms with van der Waals surface area (Å²) in [6, 6.07) is -0.893. The molecule has 1 fully saturated rings. The molecule has 0 aliphatic carbocycles. The van der Waals surface area contributed by atoms with Crippen LogP contribution in [0.3, 0.4) is 0 Å². The van der Waals surface area contributed by atoms with Gasteiger partial charge in [0.1, 0.15) is 0 Å². The summed E-state index contributed by atoms with van der Waals surface area (Å²) in [5, 5.41) is 3.86. The van der Waals surface area contributed by atoms with Crippen molar-refractivity contribution in [3.05, 3.63) is 34.3 Å². The van der Waals surface area contributed by atoms with Crippen molar-refractivity contribution in [1.29, 1.82) is 0 Å². The Morgan fingerprint density at radius 3 is 1.43 bits per heavy atom. The highest BCUT2D eigenvalue weighted by molar-refractivity contribution is 6.10. The van der Waals surface area contributed by atoms with Crippen molar-refractivity contribution in [3.63, 3.8) is 0 Å². The highest BCUT2D eigenvalue weighted by Gasteiger charge is 2.67. The van der Waals surface area contributed by atoms with E-state index in [2.05, 4.69) is 19.2 Å². The molecule has 9 atom stereocenters. The van der Waals surface area contributed by atoms with Crippen LogP contribution in [0.5, 0.6) is 0 Å². The van der Waals surface area contributed by atoms with Gasteiger partial charge in [0.05, 0.1) is 77.1 Å². The van der Waals surface area contributed by atoms with Crippen molar-refractivity contribution in [1.82, 2.24) is 5.32 Å². The van der Waals surface area contributed by atoms with E-state index < -0.39 is 86.8 Å². The first-order valence-corrected chi connectivity index (χ1v) is 31.6. The number of aliphatic imine (C=N–C) groups is 3. The van der Waals surface area contributed by atoms with E-state index in [-0.39, 0.29) is 122 Å². The topological polar surface area (TPSA) is 233 Å². The Hall–Kier alpha value is -5.68. The monoisotopic (exact) mass is 1170 g/mol. The second-order valence-electron chi connectivity index (χ2n) is 25.3. The second-order valence-corrected chi connectivity index (χ2v) is 25.3. The highest BCUT2D eigenvalue weighted by Crippen LogP contribution is 2.63. The number of fused-ring (bicyclic) bond motifs is 6. The van der Waals surface area contributed by atoms with E-state index in [1.807, 2.05) is 96.1 Å². The maximum atomic E-state index is 14.7. The van der Waals surface area contributed by atoms with E-state index in [1.165, 1.54) is 0 Å². The lowest BCUT2D eigenvalue weighted by Gasteiger charge is -2.48. The van der Waals surface area contributed by atoms with Crippen LogP contribution in [-0.2, 0) is 66.7 Å². The molecule has 5 aliphatic heterocycles. The average Bonchev–Trinajstić information content (AvgIpc) is 3.94. The molecule has 0 saturated carbocycles. The molecule has 5 aliphatic rings. The number of esters is 7. The molecule has 0 spiro atoms. The molecule has 0 amide bonds. The first-order chi connectivity index (χ1) is 39.8. The minimum atomic E-state index is -1.39. The number of rotatable bonds is 32. The minimum absolute atomic E-state index is 0.0119. The van der Waals surface area contributed by atoms with E-state index in [9.17, 15) is 33.6 Å². The van der Waals surface area contributed by atoms with Crippen LogP contribution in [0.2, 0.25) is 0 Å². The number of hydrogen-bond donors (Lipinski definition) is 1. The van der Waals surface area contributed by atoms with Crippen LogP contribution in [-0.4, -0.2) is 117 Å². The average molecular weight is 1180 g/mol. The fourth-order valence-corrected chi connectivity index (χ4v) is 13.7. The molecule has 0 aromatic heterocycles. The molecule has 1 saturated heterocycles. The molecule has 1 N–H and O–H groups in total. The molecular weight excluding hydrogens is 1070 g/mol. The van der Waals surface area contributed by atoms with Crippen LogP contribution in [0.4, 0.5) is 0 Å². The number of allylic oxidation sites excluding steroid dienone is 6. The van der Waals surface area contributed by atoms with Gasteiger partial charge in [-0.2, -0.15) is 0 Å². The third kappa shape index (κ3) is 15.5. The first-order valence-electron chi connectivity index (χ1n) is 31.6. The third-order valence-electron chi connectivity index (χ3n) is 18.5. The molecule has 84 heavy (non-hydrogen) atoms. The predicted molar refractivity (Wildman–Crippen MR) is 323 cm³/mol. The van der Waals surface area contributed by atoms with Gasteiger partial charge in [-0.3, -0.25) is 48.5 Å². The number of nitrogens with one attached hydrogen (secondary N) is 1. The summed E-state index contributed by atoms with van der Waals surface area (Å²) in [5.74, 6) is -5.21. The molecule has 5 rings (SSSR count). The zero-order valence-electron chi connectivity index (χ0n) is 53.7. The SMILES string of the molecule is CCCOC(=O)CC[C@@H]1C2=C(C)C3=N[C@H]([C@H](CC(=O)OCCC)[C@@]3(C)CCC(=O)OCCC)[C@@]3(C)N=C(/C(C)=C4\N/C(=C\C(=N2)C1(C)C)[C@@H](CCC(=O)OCCC)[C@]4(C)CC(=O)OCCC)[C@@H](CCC(=O)OCCC)[C@]3(C)CC(=O)OCCC. The molecule has 18 heteroatoms. The third-order valence-corrected chi connectivity index (χ3v) is 18.5. The predicted octanol–water partition coefficient (Wildman–Crippen LogP) is 12.0. The van der Waals surface area contributed by atoms with Crippen LogP contribution in [0, 0.1) is 45.3 Å². The Kier molecular flexibility index (Phi) is 25.2. The fraction of sp³-hybridized carbons (Fsp3) is 0.758. The summed E-state index contributed by atoms with van der Waals surface area (Å²) in [6.07, 6.45) is 7.04. The van der Waals surface area contributed by atoms with Crippen molar-refractivity contribution in [3.8, 4) is 0 Å². The van der Waals surface area contributed by atoms with Gasteiger partial charge in [0.25, 0.3) is 0 Å². The van der Waals surface area contributed by atoms with Gasteiger partial charge in [0.15, 0.2) is 0 Å². The Labute approximate surface area is 501 Å². The lowest BCUT2D eigenvalue weighted by atomic mass is 9.55. The number of hydrogen-bond acceptors (Lipinski definition) is 18. The van der Waals surface area contributed by atoms with E-state index in [0.717, 1.165) is 0 Å². The van der Waals surface area contributed by atoms with Gasteiger partial charge in [-0.15, -0.1) is 0 Å². The van der Waals surface area contributed by atoms with Crippen molar-refractivity contribution in [2.24, 2.45) is 60.3 Å². The van der Waals surface area contributed by atoms with Crippen molar-refractivity contribution >= 4 is 58.9 Å². The van der Waals surface area contributed by atoms with Gasteiger partial charge in [-0.25, -0.2) is 0 Å². The maximum Gasteiger partial charge on any atom is 0.306 e. The zero-order chi connectivity index (χ0) is 62.2. The van der Waals surface area contributed by atoms with Crippen LogP contribution in [0.1, 0.15) is 219 Å². The van der Waals surface area contributed by atoms with Gasteiger partial charge in [-0.05, 0) is 109 Å². The van der Waals surface area contributed by atoms with Crippen molar-refractivity contribution < 1.29 is 66.7 Å². The van der Waals surface area contributed by atoms with Gasteiger partial charge < -0.3 is 38.5 Å². The quantitative estimate of drug-likeness (QED) is 0.0487. The molecule has 0 aromatic rings. The van der Waals surface area contributed by atoms with Crippen molar-refractivity contribution in [2.45, 2.75) is 231 Å². The molecular formula is C66H102N4O14. The van der Waals surface area contributed by atoms with E-state index in [4.69, 9.17) is 48.1 Å². The summed E-state index contributed by atoms with van der Waals surface area (Å²) in [6.45, 7) is 31.3. The van der Waals surface area contributed by atoms with E-state index in [1.54, 1.807) is 0 Å². The lowest BCUT2D eigenvalue weighted by Crippen LogP contribution is -2.55. The molecule has 0 unspecified atom stereocenters. The number of ether oxygens (including phenoxy) is 7. The Morgan fingerprint density at radius 2 is 0.940 bits per heavy atom. The van der Waals surface area contributed by atoms with E-state index >= 15 is 0 Å². The normalized spacial score (nSPS) is 29.0. The largest absolute Gasteiger partial charge is 0.466 e. The smallest absolute Gasteiger partial charge is 0.306 e. The number of nitrogens with zero attached hydrogens (tertiary/aromatic N) is 3. The zero-order valence-corrected chi connectivity index (χ0v) is 53.7. The van der Waals surface area contributed by atoms with Crippen LogP contribution in [0.15, 0.2) is 49.3 Å². The van der Waals surface area contributed by atoms with Gasteiger partial charge >= 0.3 is 41.8 Å². The fourth-order valence-electron chi connectivity index (χ4n) is 13.7. The van der Waals surface area contributed by atoms with Crippen LogP contribution in [0.25, 0.3) is 0 Å². The second kappa shape index (κ2) is 30.6. The van der Waals surface area contributed by atoms with Crippen LogP contribution < -0.4 is 5.32 Å². The number of carbonyl (C=O) groups excluding carboxylic acids is 7. The maximum absolute atomic E-state index is 14.7. The number of carbonyl (C=O) groups is 7. The molecule has 0 aromatic carbocycles. The van der Waals surface area contributed by atoms with Gasteiger partial charge in [0.2, 0.25) is 0 Å². The molecule has 18 nitrogen and oxygen atoms in total. The summed E-state index contributed by atoms with van der Waals surface area (Å²) >= 11 is 0. The first kappa shape index (κ1) is 69.1. The molecule has 8 bridgehead atoms. The molecule has 470 valence electrons. The minimum Gasteiger partial charge on any atom is -0.466 e.